The fourth-order valence-corrected chi connectivity index (χ4v) is 1.65. The predicted molar refractivity (Wildman–Crippen MR) is 66.3 cm³/mol. The summed E-state index contributed by atoms with van der Waals surface area (Å²) in [4.78, 5) is 29.0. The Hall–Kier alpha value is -2.67. The highest BCUT2D eigenvalue weighted by Gasteiger charge is 2.04. The lowest BCUT2D eigenvalue weighted by atomic mass is 10.2. The van der Waals surface area contributed by atoms with E-state index >= 15 is 0 Å². The predicted octanol–water partition coefficient (Wildman–Crippen LogP) is -0.921. The second-order valence-electron chi connectivity index (χ2n) is 3.66. The molecule has 0 atom stereocenters. The number of nitrogens with one attached hydrogen (secondary N) is 1. The zero-order valence-electron chi connectivity index (χ0n) is 9.79. The lowest BCUT2D eigenvalue weighted by Gasteiger charge is -2.10. The van der Waals surface area contributed by atoms with E-state index in [4.69, 9.17) is 11.6 Å². The molecule has 1 N–H and O–H groups in total. The zero-order chi connectivity index (χ0) is 14.7. The molecule has 1 heterocycles. The number of aliphatic carboxylic acids is 2. The summed E-state index contributed by atoms with van der Waals surface area (Å²) >= 11 is 5.82. The summed E-state index contributed by atoms with van der Waals surface area (Å²) in [6, 6.07) is 4.80. The fourth-order valence-electron chi connectivity index (χ4n) is 1.49. The van der Waals surface area contributed by atoms with E-state index < -0.39 is 17.5 Å². The van der Waals surface area contributed by atoms with Crippen LogP contribution in [-0.4, -0.2) is 21.9 Å². The van der Waals surface area contributed by atoms with E-state index in [9.17, 15) is 19.8 Å². The van der Waals surface area contributed by atoms with Gasteiger partial charge in [0.1, 0.15) is 12.1 Å². The number of carbonyl (C=O) groups excluding carboxylic acids is 2. The van der Waals surface area contributed by atoms with Crippen LogP contribution in [0.25, 0.3) is 10.9 Å². The van der Waals surface area contributed by atoms with Crippen LogP contribution in [0, 0.1) is 0 Å². The zero-order valence-corrected chi connectivity index (χ0v) is 10.5. The molecular weight excluding hydrogens is 286 g/mol. The summed E-state index contributed by atoms with van der Waals surface area (Å²) in [7, 11) is 0. The van der Waals surface area contributed by atoms with Gasteiger partial charge >= 0.3 is 0 Å². The third-order valence-electron chi connectivity index (χ3n) is 2.39. The number of carbonyl (C=O) groups is 2. The van der Waals surface area contributed by atoms with Crippen molar-refractivity contribution >= 4 is 40.3 Å². The van der Waals surface area contributed by atoms with Crippen molar-refractivity contribution in [2.75, 3.05) is 5.32 Å². The standard InChI is InChI=1S/C12H8ClN3O4/c13-6-1-2-7-9(3-6)15-5-16-10(7)14-4-8(11(17)18)12(19)20/h1-5H,(H,17,18)(H,19,20)(H,14,15,16)/p-2. The van der Waals surface area contributed by atoms with Crippen molar-refractivity contribution in [1.82, 2.24) is 9.97 Å². The van der Waals surface area contributed by atoms with Crippen LogP contribution in [-0.2, 0) is 9.59 Å². The van der Waals surface area contributed by atoms with Gasteiger partial charge in [-0.25, -0.2) is 9.97 Å². The summed E-state index contributed by atoms with van der Waals surface area (Å²) in [6.45, 7) is 0. The van der Waals surface area contributed by atoms with Crippen LogP contribution >= 0.6 is 11.6 Å². The molecule has 1 aromatic heterocycles. The molecule has 0 amide bonds. The molecule has 7 nitrogen and oxygen atoms in total. The molecule has 0 spiro atoms. The molecule has 0 saturated heterocycles. The third kappa shape index (κ3) is 2.83. The van der Waals surface area contributed by atoms with Crippen LogP contribution in [0.4, 0.5) is 5.82 Å². The number of hydrogen-bond donors (Lipinski definition) is 1. The molecule has 0 fully saturated rings. The molecule has 1 aromatic carbocycles. The first-order valence-electron chi connectivity index (χ1n) is 5.28. The summed E-state index contributed by atoms with van der Waals surface area (Å²) < 4.78 is 0. The molecule has 8 heteroatoms. The molecule has 0 aliphatic heterocycles. The maximum atomic E-state index is 10.6. The topological polar surface area (TPSA) is 118 Å². The third-order valence-corrected chi connectivity index (χ3v) is 2.63. The first-order chi connectivity index (χ1) is 9.49. The van der Waals surface area contributed by atoms with E-state index in [1.165, 1.54) is 6.33 Å². The minimum atomic E-state index is -1.86. The van der Waals surface area contributed by atoms with Crippen molar-refractivity contribution in [1.29, 1.82) is 0 Å². The quantitative estimate of drug-likeness (QED) is 0.439. The number of hydrogen-bond acceptors (Lipinski definition) is 7. The average molecular weight is 292 g/mol. The average Bonchev–Trinajstić information content (AvgIpc) is 2.37. The Bertz CT molecular complexity index is 714. The van der Waals surface area contributed by atoms with E-state index in [1.54, 1.807) is 18.2 Å². The number of anilines is 1. The maximum absolute atomic E-state index is 10.6. The van der Waals surface area contributed by atoms with Crippen LogP contribution in [0.3, 0.4) is 0 Å². The largest absolute Gasteiger partial charge is 0.545 e. The van der Waals surface area contributed by atoms with Gasteiger partial charge in [-0.15, -0.1) is 0 Å². The number of halogens is 1. The van der Waals surface area contributed by atoms with Crippen molar-refractivity contribution in [2.24, 2.45) is 0 Å². The molecule has 0 radical (unpaired) electrons. The summed E-state index contributed by atoms with van der Waals surface area (Å²) in [5.41, 5.74) is -0.502. The Morgan fingerprint density at radius 2 is 1.90 bits per heavy atom. The van der Waals surface area contributed by atoms with Crippen molar-refractivity contribution in [2.45, 2.75) is 0 Å². The van der Waals surface area contributed by atoms with E-state index in [0.717, 1.165) is 6.20 Å². The van der Waals surface area contributed by atoms with Crippen molar-refractivity contribution in [3.05, 3.63) is 41.3 Å². The van der Waals surface area contributed by atoms with Gasteiger partial charge in [-0.05, 0) is 18.2 Å². The van der Waals surface area contributed by atoms with E-state index in [0.29, 0.717) is 15.9 Å². The SMILES string of the molecule is O=C([O-])C(=CNc1ncnc2cc(Cl)ccc12)C(=O)[O-]. The molecule has 2 rings (SSSR count). The van der Waals surface area contributed by atoms with Gasteiger partial charge in [0.25, 0.3) is 0 Å². The van der Waals surface area contributed by atoms with Crippen molar-refractivity contribution in [3.8, 4) is 0 Å². The van der Waals surface area contributed by atoms with E-state index in [1.807, 2.05) is 0 Å². The second-order valence-corrected chi connectivity index (χ2v) is 4.10. The van der Waals surface area contributed by atoms with Crippen LogP contribution in [0.15, 0.2) is 36.3 Å². The Morgan fingerprint density at radius 3 is 2.55 bits per heavy atom. The molecule has 0 aliphatic carbocycles. The molecule has 0 unspecified atom stereocenters. The minimum Gasteiger partial charge on any atom is -0.545 e. The molecule has 2 aromatic rings. The normalized spacial score (nSPS) is 10.1. The maximum Gasteiger partial charge on any atom is 0.141 e. The Balaban J connectivity index is 2.42. The smallest absolute Gasteiger partial charge is 0.141 e. The van der Waals surface area contributed by atoms with E-state index in [-0.39, 0.29) is 5.82 Å². The monoisotopic (exact) mass is 291 g/mol. The van der Waals surface area contributed by atoms with Crippen LogP contribution in [0.2, 0.25) is 5.02 Å². The van der Waals surface area contributed by atoms with Gasteiger partial charge in [0.05, 0.1) is 17.5 Å². The number of benzene rings is 1. The van der Waals surface area contributed by atoms with Crippen molar-refractivity contribution < 1.29 is 19.8 Å². The van der Waals surface area contributed by atoms with Gasteiger partial charge in [0.15, 0.2) is 0 Å². The van der Waals surface area contributed by atoms with Gasteiger partial charge in [-0.1, -0.05) is 11.6 Å². The Kier molecular flexibility index (Phi) is 3.81. The highest BCUT2D eigenvalue weighted by molar-refractivity contribution is 6.31. The molecule has 20 heavy (non-hydrogen) atoms. The molecule has 102 valence electrons. The van der Waals surface area contributed by atoms with Crippen LogP contribution in [0.1, 0.15) is 0 Å². The summed E-state index contributed by atoms with van der Waals surface area (Å²) in [6.07, 6.45) is 1.97. The first kappa shape index (κ1) is 13.8. The van der Waals surface area contributed by atoms with Gasteiger partial charge in [-0.3, -0.25) is 0 Å². The number of fused-ring (bicyclic) bond motifs is 1. The first-order valence-corrected chi connectivity index (χ1v) is 5.66. The number of aromatic nitrogens is 2. The fraction of sp³-hybridized carbons (Fsp3) is 0. The second kappa shape index (κ2) is 5.54. The highest BCUT2D eigenvalue weighted by atomic mass is 35.5. The van der Waals surface area contributed by atoms with Crippen LogP contribution < -0.4 is 15.5 Å². The number of carboxylic acid groups (broad SMARTS) is 2. The molecule has 0 aliphatic rings. The van der Waals surface area contributed by atoms with Crippen molar-refractivity contribution in [3.63, 3.8) is 0 Å². The van der Waals surface area contributed by atoms with Gasteiger partial charge in [0, 0.05) is 22.2 Å². The summed E-state index contributed by atoms with van der Waals surface area (Å²) in [5.74, 6) is -3.50. The lowest BCUT2D eigenvalue weighted by molar-refractivity contribution is -0.312. The van der Waals surface area contributed by atoms with Crippen LogP contribution in [0.5, 0.6) is 0 Å². The number of rotatable bonds is 4. The number of nitrogens with zero attached hydrogens (tertiary/aromatic N) is 2. The lowest BCUT2D eigenvalue weighted by Crippen LogP contribution is -2.36. The summed E-state index contributed by atoms with van der Waals surface area (Å²) in [5, 5.41) is 24.7. The Morgan fingerprint density at radius 1 is 1.20 bits per heavy atom. The van der Waals surface area contributed by atoms with Gasteiger partial charge < -0.3 is 25.1 Å². The highest BCUT2D eigenvalue weighted by Crippen LogP contribution is 2.22. The molecular formula is C12H6ClN3O4-2. The van der Waals surface area contributed by atoms with E-state index in [2.05, 4.69) is 15.3 Å². The van der Waals surface area contributed by atoms with Gasteiger partial charge in [-0.2, -0.15) is 0 Å². The molecule has 0 bridgehead atoms. The van der Waals surface area contributed by atoms with Gasteiger partial charge in [0.2, 0.25) is 0 Å². The Labute approximate surface area is 117 Å². The molecule has 0 saturated carbocycles. The number of carboxylic acids is 2. The minimum absolute atomic E-state index is 0.228.